The Morgan fingerprint density at radius 3 is 2.59 bits per heavy atom. The summed E-state index contributed by atoms with van der Waals surface area (Å²) in [7, 11) is 0. The van der Waals surface area contributed by atoms with Crippen LogP contribution in [0.25, 0.3) is 10.8 Å². The molecule has 5 nitrogen and oxygen atoms in total. The van der Waals surface area contributed by atoms with Crippen molar-refractivity contribution in [2.45, 2.75) is 12.8 Å². The van der Waals surface area contributed by atoms with Crippen molar-refractivity contribution in [1.29, 1.82) is 0 Å². The van der Waals surface area contributed by atoms with Gasteiger partial charge in [0.15, 0.2) is 0 Å². The topological polar surface area (TPSA) is 66.5 Å². The zero-order valence-electron chi connectivity index (χ0n) is 11.6. The highest BCUT2D eigenvalue weighted by atomic mass is 79.9. The van der Waals surface area contributed by atoms with Gasteiger partial charge in [0.2, 0.25) is 17.7 Å². The first kappa shape index (κ1) is 14.7. The monoisotopic (exact) mass is 360 g/mol. The molecule has 1 aliphatic heterocycles. The number of hydrogen-bond donors (Lipinski definition) is 1. The Balaban J connectivity index is 1.74. The van der Waals surface area contributed by atoms with Crippen LogP contribution in [0.15, 0.2) is 40.9 Å². The molecule has 1 aliphatic rings. The highest BCUT2D eigenvalue weighted by molar-refractivity contribution is 9.10. The number of halogens is 1. The Kier molecular flexibility index (Phi) is 3.94. The van der Waals surface area contributed by atoms with Crippen LogP contribution < -0.4 is 5.32 Å². The van der Waals surface area contributed by atoms with Crippen molar-refractivity contribution in [1.82, 2.24) is 4.90 Å². The van der Waals surface area contributed by atoms with E-state index < -0.39 is 0 Å². The largest absolute Gasteiger partial charge is 0.325 e. The fraction of sp³-hybridized carbons (Fsp3) is 0.188. The Hall–Kier alpha value is -2.21. The van der Waals surface area contributed by atoms with Gasteiger partial charge >= 0.3 is 0 Å². The maximum absolute atomic E-state index is 12.0. The summed E-state index contributed by atoms with van der Waals surface area (Å²) in [6.45, 7) is -0.228. The van der Waals surface area contributed by atoms with Gasteiger partial charge in [0, 0.05) is 23.0 Å². The van der Waals surface area contributed by atoms with Crippen LogP contribution in [0.3, 0.4) is 0 Å². The lowest BCUT2D eigenvalue weighted by Gasteiger charge is -2.13. The minimum Gasteiger partial charge on any atom is -0.325 e. The molecule has 1 N–H and O–H groups in total. The van der Waals surface area contributed by atoms with Gasteiger partial charge in [-0.2, -0.15) is 0 Å². The first-order chi connectivity index (χ1) is 10.5. The first-order valence-corrected chi connectivity index (χ1v) is 7.65. The molecule has 0 unspecified atom stereocenters. The van der Waals surface area contributed by atoms with Crippen molar-refractivity contribution in [3.8, 4) is 0 Å². The molecule has 0 bridgehead atoms. The quantitative estimate of drug-likeness (QED) is 0.855. The minimum atomic E-state index is -0.377. The molecule has 1 heterocycles. The van der Waals surface area contributed by atoms with E-state index in [4.69, 9.17) is 0 Å². The van der Waals surface area contributed by atoms with Crippen molar-refractivity contribution in [3.63, 3.8) is 0 Å². The minimum absolute atomic E-state index is 0.191. The van der Waals surface area contributed by atoms with E-state index in [1.54, 1.807) is 6.07 Å². The normalized spacial score (nSPS) is 14.7. The molecular formula is C16H13BrN2O3. The molecule has 2 aromatic carbocycles. The Labute approximate surface area is 135 Å². The van der Waals surface area contributed by atoms with E-state index in [2.05, 4.69) is 21.2 Å². The molecule has 0 atom stereocenters. The van der Waals surface area contributed by atoms with E-state index in [9.17, 15) is 14.4 Å². The highest BCUT2D eigenvalue weighted by Crippen LogP contribution is 2.26. The number of carbonyl (C=O) groups excluding carboxylic acids is 3. The molecule has 2 aromatic rings. The zero-order valence-corrected chi connectivity index (χ0v) is 13.2. The van der Waals surface area contributed by atoms with Crippen LogP contribution >= 0.6 is 15.9 Å². The average Bonchev–Trinajstić information content (AvgIpc) is 2.79. The van der Waals surface area contributed by atoms with Crippen molar-refractivity contribution in [2.24, 2.45) is 0 Å². The van der Waals surface area contributed by atoms with E-state index in [0.29, 0.717) is 5.69 Å². The van der Waals surface area contributed by atoms with Gasteiger partial charge in [0.1, 0.15) is 6.54 Å². The third-order valence-electron chi connectivity index (χ3n) is 3.57. The number of likely N-dealkylation sites (tertiary alicyclic amines) is 1. The second-order valence-corrected chi connectivity index (χ2v) is 5.95. The van der Waals surface area contributed by atoms with E-state index in [-0.39, 0.29) is 37.1 Å². The molecule has 0 saturated carbocycles. The maximum atomic E-state index is 12.0. The molecule has 3 rings (SSSR count). The number of rotatable bonds is 3. The number of imide groups is 1. The Bertz CT molecular complexity index is 772. The molecule has 1 saturated heterocycles. The fourth-order valence-corrected chi connectivity index (χ4v) is 2.98. The highest BCUT2D eigenvalue weighted by Gasteiger charge is 2.30. The molecule has 0 aromatic heterocycles. The van der Waals surface area contributed by atoms with Gasteiger partial charge in [-0.25, -0.2) is 0 Å². The van der Waals surface area contributed by atoms with Crippen LogP contribution in [-0.4, -0.2) is 29.2 Å². The summed E-state index contributed by atoms with van der Waals surface area (Å²) in [5.74, 6) is -0.955. The maximum Gasteiger partial charge on any atom is 0.244 e. The predicted molar refractivity (Wildman–Crippen MR) is 86.2 cm³/mol. The summed E-state index contributed by atoms with van der Waals surface area (Å²) in [5.41, 5.74) is 0.634. The van der Waals surface area contributed by atoms with E-state index in [1.165, 1.54) is 0 Å². The number of amides is 3. The van der Waals surface area contributed by atoms with Gasteiger partial charge in [-0.15, -0.1) is 0 Å². The fourth-order valence-electron chi connectivity index (χ4n) is 2.47. The molecule has 1 fully saturated rings. The second kappa shape index (κ2) is 5.88. The van der Waals surface area contributed by atoms with Crippen LogP contribution in [-0.2, 0) is 14.4 Å². The average molecular weight is 361 g/mol. The molecule has 0 spiro atoms. The number of fused-ring (bicyclic) bond motifs is 1. The summed E-state index contributed by atoms with van der Waals surface area (Å²) in [4.78, 5) is 36.0. The molecule has 3 amide bonds. The van der Waals surface area contributed by atoms with Gasteiger partial charge in [-0.1, -0.05) is 34.1 Å². The second-order valence-electron chi connectivity index (χ2n) is 5.10. The van der Waals surface area contributed by atoms with Crippen molar-refractivity contribution >= 4 is 50.1 Å². The number of carbonyl (C=O) groups is 3. The first-order valence-electron chi connectivity index (χ1n) is 6.86. The Morgan fingerprint density at radius 1 is 1.14 bits per heavy atom. The van der Waals surface area contributed by atoms with Crippen LogP contribution in [0, 0.1) is 0 Å². The molecule has 0 radical (unpaired) electrons. The lowest BCUT2D eigenvalue weighted by molar-refractivity contribution is -0.141. The number of benzene rings is 2. The molecule has 112 valence electrons. The number of anilines is 1. The number of nitrogens with one attached hydrogen (secondary N) is 1. The summed E-state index contributed by atoms with van der Waals surface area (Å²) < 4.78 is 0.983. The lowest BCUT2D eigenvalue weighted by Crippen LogP contribution is -2.36. The summed E-state index contributed by atoms with van der Waals surface area (Å²) in [6, 6.07) is 11.4. The summed E-state index contributed by atoms with van der Waals surface area (Å²) in [5, 5.41) is 4.75. The van der Waals surface area contributed by atoms with Crippen molar-refractivity contribution in [2.75, 3.05) is 11.9 Å². The van der Waals surface area contributed by atoms with Gasteiger partial charge in [-0.3, -0.25) is 19.3 Å². The summed E-state index contributed by atoms with van der Waals surface area (Å²) in [6.07, 6.45) is 0.381. The van der Waals surface area contributed by atoms with Crippen molar-refractivity contribution < 1.29 is 14.4 Å². The third-order valence-corrected chi connectivity index (χ3v) is 4.26. The number of nitrogens with zero attached hydrogens (tertiary/aromatic N) is 1. The lowest BCUT2D eigenvalue weighted by atomic mass is 10.1. The van der Waals surface area contributed by atoms with E-state index in [1.807, 2.05) is 30.3 Å². The van der Waals surface area contributed by atoms with Gasteiger partial charge < -0.3 is 5.32 Å². The third kappa shape index (κ3) is 2.87. The molecular weight excluding hydrogens is 348 g/mol. The van der Waals surface area contributed by atoms with E-state index in [0.717, 1.165) is 20.1 Å². The van der Waals surface area contributed by atoms with Crippen LogP contribution in [0.2, 0.25) is 0 Å². The smallest absolute Gasteiger partial charge is 0.244 e. The van der Waals surface area contributed by atoms with Crippen LogP contribution in [0.1, 0.15) is 12.8 Å². The van der Waals surface area contributed by atoms with Crippen molar-refractivity contribution in [3.05, 3.63) is 40.9 Å². The predicted octanol–water partition coefficient (Wildman–Crippen LogP) is 2.69. The van der Waals surface area contributed by atoms with Crippen LogP contribution in [0.4, 0.5) is 5.69 Å². The van der Waals surface area contributed by atoms with E-state index >= 15 is 0 Å². The van der Waals surface area contributed by atoms with Gasteiger partial charge in [0.25, 0.3) is 0 Å². The molecule has 0 aliphatic carbocycles. The molecule has 6 heteroatoms. The van der Waals surface area contributed by atoms with Crippen LogP contribution in [0.5, 0.6) is 0 Å². The Morgan fingerprint density at radius 2 is 1.86 bits per heavy atom. The SMILES string of the molecule is O=C(CN1C(=O)CCC1=O)Nc1ccc2c(Br)cccc2c1. The summed E-state index contributed by atoms with van der Waals surface area (Å²) >= 11 is 3.47. The van der Waals surface area contributed by atoms with Gasteiger partial charge in [-0.05, 0) is 29.0 Å². The number of hydrogen-bond acceptors (Lipinski definition) is 3. The van der Waals surface area contributed by atoms with Gasteiger partial charge in [0.05, 0.1) is 0 Å². The standard InChI is InChI=1S/C16H13BrN2O3/c17-13-3-1-2-10-8-11(4-5-12(10)13)18-14(20)9-19-15(21)6-7-16(19)22/h1-5,8H,6-7,9H2,(H,18,20). The molecule has 22 heavy (non-hydrogen) atoms. The zero-order chi connectivity index (χ0) is 15.7.